The molecule has 0 aliphatic carbocycles. The quantitative estimate of drug-likeness (QED) is 0.319. The zero-order chi connectivity index (χ0) is 22.0. The average Bonchev–Trinajstić information content (AvgIpc) is 3.23. The van der Waals surface area contributed by atoms with Crippen molar-refractivity contribution in [2.45, 2.75) is 40.7 Å². The van der Waals surface area contributed by atoms with Gasteiger partial charge in [-0.25, -0.2) is 8.78 Å². The zero-order valence-electron chi connectivity index (χ0n) is 19.5. The second kappa shape index (κ2) is 20.7. The normalized spacial score (nSPS) is 8.73. The van der Waals surface area contributed by atoms with Crippen LogP contribution < -0.4 is 21.3 Å². The Kier molecular flexibility index (Phi) is 24.9. The fourth-order valence-electron chi connectivity index (χ4n) is 2.11. The number of fused-ring (bicyclic) bond motifs is 2. The Labute approximate surface area is 251 Å². The van der Waals surface area contributed by atoms with Gasteiger partial charge in [0, 0.05) is 94.5 Å². The molecule has 4 aromatic rings. The SMILES string of the molecule is CC.CC.O=c1[n-]c2ccncc2n1CC(F)F.O=c1[n-]c2ncc(Br)cc2[nH]1.[CH3-].[CH3-].[Y].[Y]. The number of aromatic nitrogens is 6. The molecule has 0 amide bonds. The number of halogens is 3. The number of imidazole rings is 2. The van der Waals surface area contributed by atoms with Crippen LogP contribution in [0.1, 0.15) is 27.7 Å². The molecule has 180 valence electrons. The molecule has 4 heterocycles. The molecule has 0 spiro atoms. The fourth-order valence-corrected chi connectivity index (χ4v) is 2.45. The first-order valence-electron chi connectivity index (χ1n) is 8.87. The monoisotopic (exact) mass is 678 g/mol. The summed E-state index contributed by atoms with van der Waals surface area (Å²) in [6.07, 6.45) is 1.84. The van der Waals surface area contributed by atoms with Gasteiger partial charge in [-0.1, -0.05) is 43.6 Å². The van der Waals surface area contributed by atoms with Crippen molar-refractivity contribution >= 4 is 38.1 Å². The van der Waals surface area contributed by atoms with Crippen molar-refractivity contribution in [3.8, 4) is 0 Å². The Hall–Kier alpha value is -0.612. The second-order valence-electron chi connectivity index (χ2n) is 4.83. The van der Waals surface area contributed by atoms with Gasteiger partial charge in [0.2, 0.25) is 12.1 Å². The van der Waals surface area contributed by atoms with E-state index in [4.69, 9.17) is 0 Å². The molecule has 13 heteroatoms. The third kappa shape index (κ3) is 12.1. The summed E-state index contributed by atoms with van der Waals surface area (Å²) in [5.41, 5.74) is 0.838. The average molecular weight is 679 g/mol. The van der Waals surface area contributed by atoms with Crippen molar-refractivity contribution in [2.75, 3.05) is 0 Å². The van der Waals surface area contributed by atoms with Gasteiger partial charge in [0.15, 0.2) is 5.69 Å². The summed E-state index contributed by atoms with van der Waals surface area (Å²) in [7, 11) is 0. The number of rotatable bonds is 2. The van der Waals surface area contributed by atoms with Crippen molar-refractivity contribution in [2.24, 2.45) is 0 Å². The molecule has 0 aliphatic rings. The smallest absolute Gasteiger partial charge is 0.238 e. The number of alkyl halides is 2. The van der Waals surface area contributed by atoms with Crippen LogP contribution in [0, 0.1) is 14.9 Å². The van der Waals surface area contributed by atoms with Crippen molar-refractivity contribution in [3.63, 3.8) is 0 Å². The van der Waals surface area contributed by atoms with Gasteiger partial charge in [-0.3, -0.25) is 14.6 Å². The molecule has 8 nitrogen and oxygen atoms in total. The number of nitrogens with zero attached hydrogens (tertiary/aromatic N) is 5. The summed E-state index contributed by atoms with van der Waals surface area (Å²) < 4.78 is 25.9. The van der Waals surface area contributed by atoms with E-state index in [1.165, 1.54) is 18.5 Å². The topological polar surface area (TPSA) is 109 Å². The molecule has 0 saturated heterocycles. The molecule has 0 unspecified atom stereocenters. The first-order valence-corrected chi connectivity index (χ1v) is 9.67. The second-order valence-corrected chi connectivity index (χ2v) is 5.74. The standard InChI is InChI=1S/C8H7F2N3O.C6H4BrN3O.2C2H6.2CH3.2Y/c9-7(10)4-13-6-3-11-2-1-5(6)12-8(13)14;7-3-1-4-5(8-2-3)10-6(11)9-4;2*1-2;;;;/h1-3,7H,4H2,(H,11,12,14);1-2H,(H2,8,9,10,11);2*1-2H3;2*1H3;;/q;;;;2*-1;;/p-2. The molecule has 4 rings (SSSR count). The largest absolute Gasteiger partial charge is 0.403 e. The summed E-state index contributed by atoms with van der Waals surface area (Å²) in [4.78, 5) is 39.3. The van der Waals surface area contributed by atoms with E-state index in [1.54, 1.807) is 12.3 Å². The van der Waals surface area contributed by atoms with Crippen molar-refractivity contribution in [1.82, 2.24) is 29.5 Å². The molecule has 0 aliphatic heterocycles. The van der Waals surface area contributed by atoms with E-state index in [0.717, 1.165) is 9.04 Å². The first-order chi connectivity index (χ1) is 13.9. The summed E-state index contributed by atoms with van der Waals surface area (Å²) in [5.74, 6) is 0. The molecular weight excluding hydrogens is 652 g/mol. The van der Waals surface area contributed by atoms with Crippen LogP contribution in [0.25, 0.3) is 22.2 Å². The molecule has 2 radical (unpaired) electrons. The summed E-state index contributed by atoms with van der Waals surface area (Å²) >= 11 is 3.23. The van der Waals surface area contributed by atoms with Crippen LogP contribution in [-0.2, 0) is 72.0 Å². The molecule has 0 atom stereocenters. The van der Waals surface area contributed by atoms with E-state index in [0.29, 0.717) is 22.2 Å². The van der Waals surface area contributed by atoms with Gasteiger partial charge in [-0.15, -0.1) is 0 Å². The fraction of sp³-hybridized carbons (Fsp3) is 0.300. The summed E-state index contributed by atoms with van der Waals surface area (Å²) in [6, 6.07) is 3.27. The van der Waals surface area contributed by atoms with Crippen LogP contribution in [0.5, 0.6) is 0 Å². The van der Waals surface area contributed by atoms with Crippen molar-refractivity contribution < 1.29 is 74.2 Å². The number of nitrogens with one attached hydrogen (secondary N) is 1. The number of pyridine rings is 2. The summed E-state index contributed by atoms with van der Waals surface area (Å²) in [6.45, 7) is 7.36. The first kappa shape index (κ1) is 39.6. The zero-order valence-corrected chi connectivity index (χ0v) is 26.8. The van der Waals surface area contributed by atoms with Gasteiger partial charge in [-0.2, -0.15) is 0 Å². The van der Waals surface area contributed by atoms with Gasteiger partial charge in [0.25, 0.3) is 0 Å². The van der Waals surface area contributed by atoms with Crippen LogP contribution in [-0.4, -0.2) is 25.9 Å². The maximum atomic E-state index is 12.1. The van der Waals surface area contributed by atoms with E-state index in [9.17, 15) is 18.4 Å². The Morgan fingerprint density at radius 1 is 1.09 bits per heavy atom. The predicted octanol–water partition coefficient (Wildman–Crippen LogP) is 4.21. The van der Waals surface area contributed by atoms with Crippen LogP contribution in [0.3, 0.4) is 0 Å². The van der Waals surface area contributed by atoms with Gasteiger partial charge >= 0.3 is 0 Å². The van der Waals surface area contributed by atoms with Gasteiger partial charge < -0.3 is 39.4 Å². The maximum Gasteiger partial charge on any atom is 0.238 e. The van der Waals surface area contributed by atoms with E-state index < -0.39 is 18.7 Å². The number of hydrogen-bond donors (Lipinski definition) is 1. The molecule has 4 aromatic heterocycles. The number of aromatic amines is 1. The minimum absolute atomic E-state index is 0. The van der Waals surface area contributed by atoms with E-state index in [-0.39, 0.29) is 86.0 Å². The van der Waals surface area contributed by atoms with E-state index >= 15 is 0 Å². The van der Waals surface area contributed by atoms with Crippen molar-refractivity contribution in [3.05, 3.63) is 71.0 Å². The molecule has 0 bridgehead atoms. The molecule has 0 fully saturated rings. The van der Waals surface area contributed by atoms with Crippen LogP contribution in [0.2, 0.25) is 0 Å². The Morgan fingerprint density at radius 2 is 1.70 bits per heavy atom. The van der Waals surface area contributed by atoms with E-state index in [1.807, 2.05) is 27.7 Å². The molecule has 1 N–H and O–H groups in total. The molecular formula is C20H27BrF2N6O2Y2-4. The van der Waals surface area contributed by atoms with Gasteiger partial charge in [-0.05, 0) is 34.9 Å². The van der Waals surface area contributed by atoms with Crippen molar-refractivity contribution in [1.29, 1.82) is 0 Å². The Balaban J connectivity index is -0.000000203. The Morgan fingerprint density at radius 3 is 2.27 bits per heavy atom. The predicted molar refractivity (Wildman–Crippen MR) is 124 cm³/mol. The molecule has 0 aromatic carbocycles. The minimum Gasteiger partial charge on any atom is -0.403 e. The van der Waals surface area contributed by atoms with Gasteiger partial charge in [0.1, 0.15) is 0 Å². The summed E-state index contributed by atoms with van der Waals surface area (Å²) in [5, 5.41) is 0. The van der Waals surface area contributed by atoms with E-state index in [2.05, 4.69) is 40.8 Å². The van der Waals surface area contributed by atoms with Crippen LogP contribution >= 0.6 is 15.9 Å². The molecule has 0 saturated carbocycles. The molecule has 33 heavy (non-hydrogen) atoms. The Bertz CT molecular complexity index is 1140. The third-order valence-electron chi connectivity index (χ3n) is 3.12. The van der Waals surface area contributed by atoms with Crippen LogP contribution in [0.4, 0.5) is 8.78 Å². The maximum absolute atomic E-state index is 12.1. The number of hydrogen-bond acceptors (Lipinski definition) is 4. The van der Waals surface area contributed by atoms with Crippen LogP contribution in [0.15, 0.2) is 44.8 Å². The third-order valence-corrected chi connectivity index (χ3v) is 3.55. The number of H-pyrrole nitrogens is 1. The van der Waals surface area contributed by atoms with Gasteiger partial charge in [0.05, 0.1) is 0 Å². The minimum atomic E-state index is -2.57.